The third-order valence-corrected chi connectivity index (χ3v) is 3.29. The highest BCUT2D eigenvalue weighted by molar-refractivity contribution is 6.27. The van der Waals surface area contributed by atoms with Crippen molar-refractivity contribution in [3.8, 4) is 11.8 Å². The fourth-order valence-electron chi connectivity index (χ4n) is 1.84. The van der Waals surface area contributed by atoms with Gasteiger partial charge in [-0.25, -0.2) is 9.18 Å². The first-order valence-electron chi connectivity index (χ1n) is 6.63. The Morgan fingerprint density at radius 2 is 2.48 bits per heavy atom. The summed E-state index contributed by atoms with van der Waals surface area (Å²) in [6.45, 7) is -4.11. The second-order valence-corrected chi connectivity index (χ2v) is 4.72. The standard InChI is InChI=1S/C11H12ClFN4O4/c12-11(2-1-3-13)8(19)6(5-18)21-9(11)17-10(20)16-7(14)4-15-17/h4,6,8-9,18-19H,3,5H2,(H2,14,16,20)/t6-,8+,9-,11?/m1/s1/i5D2. The maximum absolute atomic E-state index is 12.3. The van der Waals surface area contributed by atoms with E-state index in [9.17, 15) is 19.4 Å². The van der Waals surface area contributed by atoms with E-state index < -0.39 is 42.2 Å². The highest BCUT2D eigenvalue weighted by Crippen LogP contribution is 2.42. The second-order valence-electron chi connectivity index (χ2n) is 4.09. The number of rotatable bonds is 2. The van der Waals surface area contributed by atoms with Crippen LogP contribution in [-0.4, -0.2) is 55.3 Å². The minimum Gasteiger partial charge on any atom is -0.394 e. The Labute approximate surface area is 126 Å². The van der Waals surface area contributed by atoms with Crippen LogP contribution in [-0.2, 0) is 4.74 Å². The van der Waals surface area contributed by atoms with Crippen LogP contribution in [0, 0.1) is 11.8 Å². The quantitative estimate of drug-likeness (QED) is 0.444. The molecule has 10 heteroatoms. The molecule has 0 radical (unpaired) electrons. The largest absolute Gasteiger partial charge is 0.394 e. The molecule has 1 unspecified atom stereocenters. The minimum atomic E-state index is -3.00. The van der Waals surface area contributed by atoms with Crippen LogP contribution in [0.25, 0.3) is 0 Å². The number of halogens is 2. The Hall–Kier alpha value is -1.73. The van der Waals surface area contributed by atoms with E-state index in [1.807, 2.05) is 5.92 Å². The Kier molecular flexibility index (Phi) is 3.67. The lowest BCUT2D eigenvalue weighted by Crippen LogP contribution is -2.44. The molecule has 2 heterocycles. The molecule has 0 bridgehead atoms. The molecule has 1 aliphatic heterocycles. The van der Waals surface area contributed by atoms with Gasteiger partial charge in [-0.05, 0) is 0 Å². The van der Waals surface area contributed by atoms with Gasteiger partial charge in [-0.15, -0.1) is 0 Å². The first-order valence-corrected chi connectivity index (χ1v) is 6.01. The zero-order valence-electron chi connectivity index (χ0n) is 12.4. The molecular formula is C11H12ClFN4O4. The number of anilines is 1. The number of nitrogens with two attached hydrogens (primary N) is 1. The highest BCUT2D eigenvalue weighted by Gasteiger charge is 2.56. The predicted molar refractivity (Wildman–Crippen MR) is 70.0 cm³/mol. The van der Waals surface area contributed by atoms with E-state index in [0.717, 1.165) is 6.20 Å². The third kappa shape index (κ3) is 2.71. The Balaban J connectivity index is 2.56. The molecule has 1 aromatic heterocycles. The number of alkyl halides is 2. The van der Waals surface area contributed by atoms with E-state index in [1.165, 1.54) is 0 Å². The number of hydrogen-bond donors (Lipinski definition) is 3. The fraction of sp³-hybridized carbons (Fsp3) is 0.545. The SMILES string of the molecule is [2H]C([2H])(O)[C@H]1O[C@@H](n2ncc(N)nc2=O)C(Cl)(C#CCF)[C@H]1O. The molecule has 1 fully saturated rings. The normalized spacial score (nSPS) is 33.8. The van der Waals surface area contributed by atoms with Gasteiger partial charge in [-0.3, -0.25) is 0 Å². The molecule has 8 nitrogen and oxygen atoms in total. The molecule has 1 aliphatic rings. The summed E-state index contributed by atoms with van der Waals surface area (Å²) in [5, 5.41) is 23.3. The van der Waals surface area contributed by atoms with Crippen LogP contribution in [0.2, 0.25) is 0 Å². The van der Waals surface area contributed by atoms with Crippen molar-refractivity contribution >= 4 is 17.4 Å². The Bertz CT molecular complexity index is 718. The van der Waals surface area contributed by atoms with Crippen LogP contribution in [0.5, 0.6) is 0 Å². The molecule has 0 saturated carbocycles. The van der Waals surface area contributed by atoms with Crippen LogP contribution in [0.3, 0.4) is 0 Å². The first-order chi connectivity index (χ1) is 10.6. The van der Waals surface area contributed by atoms with Crippen molar-refractivity contribution in [2.24, 2.45) is 0 Å². The molecule has 114 valence electrons. The molecule has 21 heavy (non-hydrogen) atoms. The predicted octanol–water partition coefficient (Wildman–Crippen LogP) is -1.58. The van der Waals surface area contributed by atoms with E-state index in [1.54, 1.807) is 0 Å². The average Bonchev–Trinajstić information content (AvgIpc) is 2.70. The molecule has 0 aromatic carbocycles. The van der Waals surface area contributed by atoms with E-state index in [2.05, 4.69) is 16.0 Å². The highest BCUT2D eigenvalue weighted by atomic mass is 35.5. The van der Waals surface area contributed by atoms with Gasteiger partial charge in [0.25, 0.3) is 0 Å². The number of aliphatic hydroxyl groups is 2. The second kappa shape index (κ2) is 5.95. The molecule has 4 atom stereocenters. The summed E-state index contributed by atoms with van der Waals surface area (Å²) in [5.41, 5.74) is 4.30. The van der Waals surface area contributed by atoms with Crippen LogP contribution < -0.4 is 11.4 Å². The lowest BCUT2D eigenvalue weighted by Gasteiger charge is -2.24. The van der Waals surface area contributed by atoms with Crippen molar-refractivity contribution in [3.05, 3.63) is 16.7 Å². The Morgan fingerprint density at radius 1 is 1.76 bits per heavy atom. The molecule has 1 saturated heterocycles. The minimum absolute atomic E-state index is 0.186. The molecule has 0 amide bonds. The maximum atomic E-state index is 12.3. The van der Waals surface area contributed by atoms with E-state index in [4.69, 9.17) is 24.8 Å². The van der Waals surface area contributed by atoms with E-state index in [-0.39, 0.29) is 5.82 Å². The molecule has 4 N–H and O–H groups in total. The zero-order chi connectivity index (χ0) is 17.4. The molecule has 2 rings (SSSR count). The van der Waals surface area contributed by atoms with Crippen LogP contribution in [0.4, 0.5) is 10.2 Å². The average molecular weight is 321 g/mol. The smallest absolute Gasteiger partial charge is 0.368 e. The number of ether oxygens (including phenoxy) is 1. The van der Waals surface area contributed by atoms with Gasteiger partial charge >= 0.3 is 5.69 Å². The van der Waals surface area contributed by atoms with E-state index >= 15 is 0 Å². The van der Waals surface area contributed by atoms with Gasteiger partial charge in [-0.1, -0.05) is 23.4 Å². The molecule has 0 aliphatic carbocycles. The molecular weight excluding hydrogens is 307 g/mol. The number of aromatic nitrogens is 3. The number of nitrogens with zero attached hydrogens (tertiary/aromatic N) is 3. The van der Waals surface area contributed by atoms with Gasteiger partial charge < -0.3 is 20.7 Å². The van der Waals surface area contributed by atoms with Crippen LogP contribution in [0.1, 0.15) is 8.97 Å². The maximum Gasteiger partial charge on any atom is 0.368 e. The van der Waals surface area contributed by atoms with Crippen molar-refractivity contribution in [1.82, 2.24) is 14.8 Å². The van der Waals surface area contributed by atoms with Crippen molar-refractivity contribution < 1.29 is 22.1 Å². The van der Waals surface area contributed by atoms with Gasteiger partial charge in [-0.2, -0.15) is 14.8 Å². The van der Waals surface area contributed by atoms with Crippen LogP contribution in [0.15, 0.2) is 11.0 Å². The van der Waals surface area contributed by atoms with E-state index in [0.29, 0.717) is 4.68 Å². The number of nitrogen functional groups attached to an aromatic ring is 1. The van der Waals surface area contributed by atoms with Crippen molar-refractivity contribution in [1.29, 1.82) is 0 Å². The summed E-state index contributed by atoms with van der Waals surface area (Å²) in [5.74, 6) is 3.98. The lowest BCUT2D eigenvalue weighted by atomic mass is 9.99. The topological polar surface area (TPSA) is 123 Å². The zero-order valence-corrected chi connectivity index (χ0v) is 11.2. The third-order valence-electron chi connectivity index (χ3n) is 2.78. The fourth-order valence-corrected chi connectivity index (χ4v) is 2.17. The summed E-state index contributed by atoms with van der Waals surface area (Å²) in [6.07, 6.45) is -4.38. The Morgan fingerprint density at radius 3 is 3.05 bits per heavy atom. The van der Waals surface area contributed by atoms with Gasteiger partial charge in [0, 0.05) is 0 Å². The summed E-state index contributed by atoms with van der Waals surface area (Å²) in [6, 6.07) is 0. The lowest BCUT2D eigenvalue weighted by molar-refractivity contribution is -0.0512. The first kappa shape index (κ1) is 13.0. The van der Waals surface area contributed by atoms with Gasteiger partial charge in [0.2, 0.25) is 0 Å². The van der Waals surface area contributed by atoms with Gasteiger partial charge in [0.1, 0.15) is 24.7 Å². The van der Waals surface area contributed by atoms with Crippen molar-refractivity contribution in [2.45, 2.75) is 23.3 Å². The molecule has 1 aromatic rings. The number of hydrogen-bond acceptors (Lipinski definition) is 7. The summed E-state index contributed by atoms with van der Waals surface area (Å²) < 4.78 is 32.6. The van der Waals surface area contributed by atoms with Crippen molar-refractivity contribution in [2.75, 3.05) is 19.0 Å². The van der Waals surface area contributed by atoms with Gasteiger partial charge in [0.15, 0.2) is 11.1 Å². The summed E-state index contributed by atoms with van der Waals surface area (Å²) in [7, 11) is 0. The number of aliphatic hydroxyl groups excluding tert-OH is 1. The molecule has 0 spiro atoms. The van der Waals surface area contributed by atoms with Gasteiger partial charge in [0.05, 0.1) is 15.5 Å². The summed E-state index contributed by atoms with van der Waals surface area (Å²) in [4.78, 5) is 13.1. The van der Waals surface area contributed by atoms with Crippen LogP contribution >= 0.6 is 11.6 Å². The van der Waals surface area contributed by atoms with Crippen molar-refractivity contribution in [3.63, 3.8) is 0 Å². The monoisotopic (exact) mass is 320 g/mol. The summed E-state index contributed by atoms with van der Waals surface area (Å²) >= 11 is 6.16.